The fourth-order valence-corrected chi connectivity index (χ4v) is 5.79. The summed E-state index contributed by atoms with van der Waals surface area (Å²) in [6.07, 6.45) is 0. The lowest BCUT2D eigenvalue weighted by Gasteiger charge is -2.39. The molecule has 43 heavy (non-hydrogen) atoms. The maximum Gasteiger partial charge on any atom is 0.336 e. The Hall–Kier alpha value is -4.38. The fraction of sp³-hybridized carbons (Fsp3) is 0.438. The van der Waals surface area contributed by atoms with E-state index in [1.807, 2.05) is 49.1 Å². The molecular formula is C32H38N4O7. The number of carbonyl (C=O) groups excluding carboxylic acids is 3. The van der Waals surface area contributed by atoms with Crippen molar-refractivity contribution in [3.05, 3.63) is 87.1 Å². The normalized spacial score (nSPS) is 19.5. The molecule has 2 aromatic carbocycles. The van der Waals surface area contributed by atoms with Crippen LogP contribution in [0.5, 0.6) is 0 Å². The lowest BCUT2D eigenvalue weighted by molar-refractivity contribution is -0.384. The van der Waals surface area contributed by atoms with E-state index in [-0.39, 0.29) is 23.8 Å². The van der Waals surface area contributed by atoms with Gasteiger partial charge in [-0.2, -0.15) is 0 Å². The first-order chi connectivity index (χ1) is 20.4. The van der Waals surface area contributed by atoms with Crippen molar-refractivity contribution in [2.75, 3.05) is 46.4 Å². The van der Waals surface area contributed by atoms with Crippen LogP contribution in [-0.4, -0.2) is 84.7 Å². The molecule has 4 rings (SSSR count). The monoisotopic (exact) mass is 590 g/mol. The van der Waals surface area contributed by atoms with Crippen molar-refractivity contribution in [3.63, 3.8) is 0 Å². The predicted octanol–water partition coefficient (Wildman–Crippen LogP) is 4.24. The van der Waals surface area contributed by atoms with Gasteiger partial charge >= 0.3 is 11.9 Å². The Balaban J connectivity index is 1.46. The van der Waals surface area contributed by atoms with E-state index in [0.29, 0.717) is 55.3 Å². The highest BCUT2D eigenvalue weighted by Gasteiger charge is 2.43. The lowest BCUT2D eigenvalue weighted by atomic mass is 9.75. The quantitative estimate of drug-likeness (QED) is 0.241. The Morgan fingerprint density at radius 3 is 2.33 bits per heavy atom. The minimum Gasteiger partial charge on any atom is -0.468 e. The number of rotatable bonds is 9. The minimum absolute atomic E-state index is 0.0195. The number of methoxy groups -OCH3 is 1. The van der Waals surface area contributed by atoms with E-state index in [0.717, 1.165) is 0 Å². The summed E-state index contributed by atoms with van der Waals surface area (Å²) in [4.78, 5) is 58.9. The van der Waals surface area contributed by atoms with Crippen LogP contribution in [-0.2, 0) is 19.1 Å². The number of amides is 1. The first kappa shape index (κ1) is 31.6. The highest BCUT2D eigenvalue weighted by molar-refractivity contribution is 6.07. The zero-order valence-corrected chi connectivity index (χ0v) is 25.2. The molecule has 0 aromatic heterocycles. The van der Waals surface area contributed by atoms with Crippen LogP contribution in [0.15, 0.2) is 70.9 Å². The lowest BCUT2D eigenvalue weighted by Crippen LogP contribution is -2.51. The van der Waals surface area contributed by atoms with Crippen LogP contribution in [0.3, 0.4) is 0 Å². The van der Waals surface area contributed by atoms with Crippen molar-refractivity contribution in [1.29, 1.82) is 0 Å². The average molecular weight is 591 g/mol. The summed E-state index contributed by atoms with van der Waals surface area (Å²) in [7, 11) is 1.25. The van der Waals surface area contributed by atoms with Gasteiger partial charge in [-0.3, -0.25) is 29.6 Å². The third kappa shape index (κ3) is 7.34. The molecule has 1 saturated heterocycles. The molecule has 11 heteroatoms. The number of benzene rings is 2. The van der Waals surface area contributed by atoms with Gasteiger partial charge in [0, 0.05) is 73.2 Å². The standard InChI is InChI=1S/C32H38N4O7/c1-21-26(30(38)42-5)28(24-12-9-13-25(18-24)36(40)41)27(22(2)33-21)31(39)43-20-32(3,4)19-34-14-16-35(17-15-34)29(37)23-10-7-6-8-11-23/h6-13,18,26,28H,14-17,19-20H2,1-5H3. The number of nitrogens with zero attached hydrogens (tertiary/aromatic N) is 4. The van der Waals surface area contributed by atoms with E-state index in [1.54, 1.807) is 19.9 Å². The van der Waals surface area contributed by atoms with Crippen LogP contribution in [0, 0.1) is 21.4 Å². The number of allylic oxidation sites excluding steroid dienone is 1. The van der Waals surface area contributed by atoms with Crippen LogP contribution < -0.4 is 0 Å². The van der Waals surface area contributed by atoms with Crippen molar-refractivity contribution in [1.82, 2.24) is 9.80 Å². The van der Waals surface area contributed by atoms with Gasteiger partial charge in [0.05, 0.1) is 24.2 Å². The van der Waals surface area contributed by atoms with Crippen molar-refractivity contribution < 1.29 is 28.8 Å². The number of esters is 2. The third-order valence-corrected chi connectivity index (χ3v) is 7.87. The molecule has 2 aromatic rings. The number of piperazine rings is 1. The molecule has 0 aliphatic carbocycles. The molecule has 2 atom stereocenters. The van der Waals surface area contributed by atoms with Crippen LogP contribution in [0.25, 0.3) is 0 Å². The number of hydrogen-bond donors (Lipinski definition) is 0. The molecule has 2 aliphatic heterocycles. The number of ether oxygens (including phenoxy) is 2. The van der Waals surface area contributed by atoms with Crippen molar-refractivity contribution in [2.24, 2.45) is 16.3 Å². The topological polar surface area (TPSA) is 132 Å². The van der Waals surface area contributed by atoms with Gasteiger partial charge < -0.3 is 14.4 Å². The van der Waals surface area contributed by atoms with Crippen LogP contribution in [0.2, 0.25) is 0 Å². The van der Waals surface area contributed by atoms with Crippen LogP contribution >= 0.6 is 0 Å². The summed E-state index contributed by atoms with van der Waals surface area (Å²) in [5.74, 6) is -3.02. The summed E-state index contributed by atoms with van der Waals surface area (Å²) in [6, 6.07) is 15.1. The fourth-order valence-electron chi connectivity index (χ4n) is 5.79. The van der Waals surface area contributed by atoms with E-state index in [4.69, 9.17) is 9.47 Å². The van der Waals surface area contributed by atoms with Crippen molar-refractivity contribution in [2.45, 2.75) is 33.6 Å². The Morgan fingerprint density at radius 1 is 1.02 bits per heavy atom. The molecule has 11 nitrogen and oxygen atoms in total. The highest BCUT2D eigenvalue weighted by atomic mass is 16.6. The largest absolute Gasteiger partial charge is 0.468 e. The van der Waals surface area contributed by atoms with Gasteiger partial charge in [0.25, 0.3) is 11.6 Å². The molecule has 0 spiro atoms. The van der Waals surface area contributed by atoms with E-state index in [1.165, 1.54) is 25.3 Å². The maximum absolute atomic E-state index is 13.7. The van der Waals surface area contributed by atoms with Gasteiger partial charge in [0.2, 0.25) is 0 Å². The predicted molar refractivity (Wildman–Crippen MR) is 161 cm³/mol. The number of nitro groups is 1. The third-order valence-electron chi connectivity index (χ3n) is 7.87. The van der Waals surface area contributed by atoms with E-state index < -0.39 is 34.1 Å². The summed E-state index contributed by atoms with van der Waals surface area (Å²) >= 11 is 0. The molecule has 2 aliphatic rings. The summed E-state index contributed by atoms with van der Waals surface area (Å²) in [5.41, 5.74) is 1.52. The average Bonchev–Trinajstić information content (AvgIpc) is 2.99. The smallest absolute Gasteiger partial charge is 0.336 e. The number of hydrogen-bond acceptors (Lipinski definition) is 9. The van der Waals surface area contributed by atoms with Crippen molar-refractivity contribution >= 4 is 29.2 Å². The van der Waals surface area contributed by atoms with Crippen molar-refractivity contribution in [3.8, 4) is 0 Å². The molecule has 0 radical (unpaired) electrons. The Bertz CT molecular complexity index is 1440. The first-order valence-electron chi connectivity index (χ1n) is 14.2. The second-order valence-corrected chi connectivity index (χ2v) is 11.8. The molecule has 2 heterocycles. The molecule has 0 N–H and O–H groups in total. The zero-order valence-electron chi connectivity index (χ0n) is 25.2. The minimum atomic E-state index is -0.943. The summed E-state index contributed by atoms with van der Waals surface area (Å²) in [5, 5.41) is 11.5. The Kier molecular flexibility index (Phi) is 9.75. The van der Waals surface area contributed by atoms with Gasteiger partial charge in [-0.05, 0) is 31.5 Å². The molecule has 0 bridgehead atoms. The van der Waals surface area contributed by atoms with Gasteiger partial charge in [-0.25, -0.2) is 4.79 Å². The number of nitro benzene ring substituents is 1. The first-order valence-corrected chi connectivity index (χ1v) is 14.2. The number of aliphatic imine (C=N–C) groups is 1. The zero-order chi connectivity index (χ0) is 31.3. The molecule has 1 amide bonds. The molecule has 228 valence electrons. The second kappa shape index (κ2) is 13.3. The molecule has 1 fully saturated rings. The van der Waals surface area contributed by atoms with Gasteiger partial charge in [-0.15, -0.1) is 0 Å². The van der Waals surface area contributed by atoms with Gasteiger partial charge in [0.15, 0.2) is 0 Å². The number of carbonyl (C=O) groups is 3. The van der Waals surface area contributed by atoms with Gasteiger partial charge in [0.1, 0.15) is 5.92 Å². The number of non-ortho nitro benzene ring substituents is 1. The molecular weight excluding hydrogens is 552 g/mol. The molecule has 2 unspecified atom stereocenters. The van der Waals surface area contributed by atoms with E-state index in [9.17, 15) is 24.5 Å². The summed E-state index contributed by atoms with van der Waals surface area (Å²) < 4.78 is 10.9. The van der Waals surface area contributed by atoms with E-state index >= 15 is 0 Å². The summed E-state index contributed by atoms with van der Waals surface area (Å²) in [6.45, 7) is 10.7. The highest BCUT2D eigenvalue weighted by Crippen LogP contribution is 2.41. The second-order valence-electron chi connectivity index (χ2n) is 11.8. The van der Waals surface area contributed by atoms with Crippen LogP contribution in [0.4, 0.5) is 5.69 Å². The van der Waals surface area contributed by atoms with E-state index in [2.05, 4.69) is 9.89 Å². The Labute approximate surface area is 251 Å². The SMILES string of the molecule is COC(=O)C1C(C)=NC(C)=C(C(=O)OCC(C)(C)CN2CCN(C(=O)c3ccccc3)CC2)C1c1cccc([N+](=O)[O-])c1. The van der Waals surface area contributed by atoms with Crippen LogP contribution in [0.1, 0.15) is 49.5 Å². The molecule has 0 saturated carbocycles. The maximum atomic E-state index is 13.7. The van der Waals surface area contributed by atoms with Gasteiger partial charge in [-0.1, -0.05) is 44.2 Å². The Morgan fingerprint density at radius 2 is 1.70 bits per heavy atom.